The van der Waals surface area contributed by atoms with Gasteiger partial charge >= 0.3 is 5.97 Å². The fourth-order valence-corrected chi connectivity index (χ4v) is 3.07. The largest absolute Gasteiger partial charge is 0.480 e. The van der Waals surface area contributed by atoms with Crippen LogP contribution < -0.4 is 4.72 Å². The van der Waals surface area contributed by atoms with Gasteiger partial charge in [0.1, 0.15) is 6.04 Å². The molecule has 1 aromatic heterocycles. The summed E-state index contributed by atoms with van der Waals surface area (Å²) in [5, 5.41) is 9.04. The first-order chi connectivity index (χ1) is 8.77. The van der Waals surface area contributed by atoms with Crippen molar-refractivity contribution in [2.24, 2.45) is 5.92 Å². The molecule has 0 saturated heterocycles. The minimum atomic E-state index is -3.88. The van der Waals surface area contributed by atoms with E-state index >= 15 is 0 Å². The zero-order chi connectivity index (χ0) is 14.6. The van der Waals surface area contributed by atoms with Gasteiger partial charge in [-0.25, -0.2) is 13.4 Å². The van der Waals surface area contributed by atoms with Crippen molar-refractivity contribution in [1.82, 2.24) is 14.3 Å². The molecule has 0 spiro atoms. The Morgan fingerprint density at radius 1 is 1.53 bits per heavy atom. The first-order valence-electron chi connectivity index (χ1n) is 6.03. The number of carboxylic acid groups (broad SMARTS) is 1. The first-order valence-corrected chi connectivity index (χ1v) is 7.51. The number of hydrogen-bond acceptors (Lipinski definition) is 4. The summed E-state index contributed by atoms with van der Waals surface area (Å²) in [5.74, 6) is -1.11. The molecule has 1 aromatic rings. The summed E-state index contributed by atoms with van der Waals surface area (Å²) in [4.78, 5) is 14.9. The number of rotatable bonds is 7. The van der Waals surface area contributed by atoms with Gasteiger partial charge in [-0.3, -0.25) is 4.79 Å². The van der Waals surface area contributed by atoms with Gasteiger partial charge in [-0.1, -0.05) is 13.8 Å². The van der Waals surface area contributed by atoms with E-state index in [0.717, 1.165) is 0 Å². The number of aromatic nitrogens is 2. The van der Waals surface area contributed by atoms with Crippen molar-refractivity contribution in [1.29, 1.82) is 0 Å². The first kappa shape index (κ1) is 15.6. The van der Waals surface area contributed by atoms with E-state index in [9.17, 15) is 13.2 Å². The highest BCUT2D eigenvalue weighted by Crippen LogP contribution is 2.12. The Kier molecular flexibility index (Phi) is 5.07. The summed E-state index contributed by atoms with van der Waals surface area (Å²) >= 11 is 0. The van der Waals surface area contributed by atoms with Gasteiger partial charge < -0.3 is 9.67 Å². The maximum absolute atomic E-state index is 12.1. The normalized spacial score (nSPS) is 13.7. The number of nitrogens with zero attached hydrogens (tertiary/aromatic N) is 2. The van der Waals surface area contributed by atoms with E-state index in [1.807, 2.05) is 13.8 Å². The molecule has 0 aliphatic rings. The fraction of sp³-hybridized carbons (Fsp3) is 0.636. The summed E-state index contributed by atoms with van der Waals surface area (Å²) in [6.45, 7) is 5.89. The van der Waals surface area contributed by atoms with E-state index in [0.29, 0.717) is 6.54 Å². The van der Waals surface area contributed by atoms with E-state index in [2.05, 4.69) is 9.71 Å². The van der Waals surface area contributed by atoms with Crippen LogP contribution in [0.4, 0.5) is 0 Å². The van der Waals surface area contributed by atoms with Crippen molar-refractivity contribution < 1.29 is 18.3 Å². The van der Waals surface area contributed by atoms with Crippen molar-refractivity contribution >= 4 is 16.0 Å². The van der Waals surface area contributed by atoms with Crippen molar-refractivity contribution in [2.75, 3.05) is 0 Å². The second kappa shape index (κ2) is 6.16. The molecule has 2 N–H and O–H groups in total. The Hall–Kier alpha value is -1.41. The number of sulfonamides is 1. The zero-order valence-corrected chi connectivity index (χ0v) is 12.0. The molecule has 0 aromatic carbocycles. The standard InChI is InChI=1S/C11H19N3O4S/c1-4-14-7-12-6-10(14)19(17,18)13-9(11(15)16)5-8(2)3/h6-9,13H,4-5H2,1-3H3,(H,15,16)/t9-/m0/s1. The van der Waals surface area contributed by atoms with Gasteiger partial charge in [-0.15, -0.1) is 0 Å². The third kappa shape index (κ3) is 4.03. The molecule has 0 fully saturated rings. The molecule has 0 radical (unpaired) electrons. The number of imidazole rings is 1. The van der Waals surface area contributed by atoms with Gasteiger partial charge in [0, 0.05) is 6.54 Å². The molecular weight excluding hydrogens is 270 g/mol. The summed E-state index contributed by atoms with van der Waals surface area (Å²) < 4.78 is 27.9. The molecule has 108 valence electrons. The molecule has 19 heavy (non-hydrogen) atoms. The molecule has 1 atom stereocenters. The average molecular weight is 289 g/mol. The third-order valence-corrected chi connectivity index (χ3v) is 4.08. The monoisotopic (exact) mass is 289 g/mol. The van der Waals surface area contributed by atoms with E-state index < -0.39 is 22.0 Å². The van der Waals surface area contributed by atoms with E-state index in [1.54, 1.807) is 6.92 Å². The predicted molar refractivity (Wildman–Crippen MR) is 69.1 cm³/mol. The van der Waals surface area contributed by atoms with Crippen LogP contribution in [0.5, 0.6) is 0 Å². The second-order valence-electron chi connectivity index (χ2n) is 4.66. The van der Waals surface area contributed by atoms with Crippen LogP contribution in [0.25, 0.3) is 0 Å². The van der Waals surface area contributed by atoms with Gasteiger partial charge in [0.25, 0.3) is 10.0 Å². The van der Waals surface area contributed by atoms with Crippen LogP contribution in [0, 0.1) is 5.92 Å². The number of hydrogen-bond donors (Lipinski definition) is 2. The minimum Gasteiger partial charge on any atom is -0.480 e. The second-order valence-corrected chi connectivity index (χ2v) is 6.32. The molecule has 1 heterocycles. The predicted octanol–water partition coefficient (Wildman–Crippen LogP) is 0.681. The Balaban J connectivity index is 2.97. The van der Waals surface area contributed by atoms with Gasteiger partial charge in [-0.2, -0.15) is 4.72 Å². The van der Waals surface area contributed by atoms with Crippen LogP contribution in [0.3, 0.4) is 0 Å². The maximum Gasteiger partial charge on any atom is 0.321 e. The quantitative estimate of drug-likeness (QED) is 0.768. The van der Waals surface area contributed by atoms with Crippen LogP contribution in [0.1, 0.15) is 27.2 Å². The summed E-state index contributed by atoms with van der Waals surface area (Å²) in [5.41, 5.74) is 0. The van der Waals surface area contributed by atoms with Crippen molar-refractivity contribution in [3.63, 3.8) is 0 Å². The SMILES string of the molecule is CCn1cncc1S(=O)(=O)N[C@@H](CC(C)C)C(=O)O. The van der Waals surface area contributed by atoms with Crippen molar-refractivity contribution in [3.8, 4) is 0 Å². The van der Waals surface area contributed by atoms with Gasteiger partial charge in [0.2, 0.25) is 0 Å². The lowest BCUT2D eigenvalue weighted by molar-refractivity contribution is -0.139. The minimum absolute atomic E-state index is 0.0231. The maximum atomic E-state index is 12.1. The molecule has 1 rings (SSSR count). The van der Waals surface area contributed by atoms with Gasteiger partial charge in [-0.05, 0) is 19.3 Å². The van der Waals surface area contributed by atoms with Crippen LogP contribution in [0.2, 0.25) is 0 Å². The number of carbonyl (C=O) groups is 1. The molecular formula is C11H19N3O4S. The third-order valence-electron chi connectivity index (χ3n) is 2.59. The summed E-state index contributed by atoms with van der Waals surface area (Å²) in [6, 6.07) is -1.13. The smallest absolute Gasteiger partial charge is 0.321 e. The Morgan fingerprint density at radius 3 is 2.63 bits per heavy atom. The van der Waals surface area contributed by atoms with Crippen LogP contribution in [-0.4, -0.2) is 35.1 Å². The summed E-state index contributed by atoms with van der Waals surface area (Å²) in [6.07, 6.45) is 2.84. The van der Waals surface area contributed by atoms with Gasteiger partial charge in [0.05, 0.1) is 12.5 Å². The zero-order valence-electron chi connectivity index (χ0n) is 11.2. The van der Waals surface area contributed by atoms with Gasteiger partial charge in [0.15, 0.2) is 5.03 Å². The molecule has 8 heteroatoms. The van der Waals surface area contributed by atoms with Crippen LogP contribution in [0.15, 0.2) is 17.6 Å². The lowest BCUT2D eigenvalue weighted by atomic mass is 10.1. The highest BCUT2D eigenvalue weighted by Gasteiger charge is 2.27. The Labute approximate surface area is 112 Å². The molecule has 0 bridgehead atoms. The Morgan fingerprint density at radius 2 is 2.16 bits per heavy atom. The molecule has 0 aliphatic heterocycles. The molecule has 0 unspecified atom stereocenters. The highest BCUT2D eigenvalue weighted by molar-refractivity contribution is 7.89. The fourth-order valence-electron chi connectivity index (χ4n) is 1.69. The van der Waals surface area contributed by atoms with E-state index in [1.165, 1.54) is 17.1 Å². The summed E-state index contributed by atoms with van der Waals surface area (Å²) in [7, 11) is -3.88. The molecule has 0 aliphatic carbocycles. The number of carboxylic acids is 1. The van der Waals surface area contributed by atoms with Crippen LogP contribution >= 0.6 is 0 Å². The van der Waals surface area contributed by atoms with E-state index in [4.69, 9.17) is 5.11 Å². The lowest BCUT2D eigenvalue weighted by Gasteiger charge is -2.16. The molecule has 0 saturated carbocycles. The van der Waals surface area contributed by atoms with Crippen LogP contribution in [-0.2, 0) is 21.4 Å². The Bertz CT molecular complexity index is 536. The van der Waals surface area contributed by atoms with E-state index in [-0.39, 0.29) is 17.4 Å². The molecule has 7 nitrogen and oxygen atoms in total. The lowest BCUT2D eigenvalue weighted by Crippen LogP contribution is -2.42. The topological polar surface area (TPSA) is 101 Å². The van der Waals surface area contributed by atoms with Crippen molar-refractivity contribution in [2.45, 2.75) is 44.8 Å². The number of aryl methyl sites for hydroxylation is 1. The van der Waals surface area contributed by atoms with Crippen molar-refractivity contribution in [3.05, 3.63) is 12.5 Å². The average Bonchev–Trinajstić information content (AvgIpc) is 2.75. The number of aliphatic carboxylic acids is 1. The highest BCUT2D eigenvalue weighted by atomic mass is 32.2. The molecule has 0 amide bonds. The number of nitrogens with one attached hydrogen (secondary N) is 1.